The normalized spacial score (nSPS) is 19.8. The smallest absolute Gasteiger partial charge is 0.352 e. The number of nitrogens with one attached hydrogen (secondary N) is 1. The lowest BCUT2D eigenvalue weighted by atomic mass is 10.0. The number of carbonyl (C=O) groups excluding carboxylic acids is 2. The van der Waals surface area contributed by atoms with Crippen LogP contribution in [0.3, 0.4) is 0 Å². The average molecular weight is 530 g/mol. The van der Waals surface area contributed by atoms with Gasteiger partial charge in [0.1, 0.15) is 42.2 Å². The molecule has 0 spiro atoms. The number of nitrogen functional groups attached to an aromatic ring is 1. The summed E-state index contributed by atoms with van der Waals surface area (Å²) in [7, 11) is 0. The van der Waals surface area contributed by atoms with Gasteiger partial charge in [-0.1, -0.05) is 10.3 Å². The second-order valence-corrected chi connectivity index (χ2v) is 9.79. The van der Waals surface area contributed by atoms with E-state index >= 15 is 0 Å². The fourth-order valence-corrected chi connectivity index (χ4v) is 5.90. The van der Waals surface area contributed by atoms with E-state index in [2.05, 4.69) is 20.6 Å². The minimum Gasteiger partial charge on any atom is -0.477 e. The van der Waals surface area contributed by atoms with Crippen molar-refractivity contribution in [3.8, 4) is 0 Å². The SMILES string of the molecule is CCO/N=C(/C(=O)N[C@@H]1C(=O)N2C(C(=O)O)=C(C[n+]3ccn4ncccc43)CS[C@H]12)c1csc(N)n1. The van der Waals surface area contributed by atoms with E-state index in [9.17, 15) is 19.5 Å². The molecule has 5 heterocycles. The minimum absolute atomic E-state index is 0.0690. The van der Waals surface area contributed by atoms with Crippen molar-refractivity contribution in [2.75, 3.05) is 18.1 Å². The Bertz CT molecular complexity index is 1430. The number of amides is 2. The summed E-state index contributed by atoms with van der Waals surface area (Å²) in [5.74, 6) is -2.01. The fourth-order valence-electron chi connectivity index (χ4n) is 4.02. The van der Waals surface area contributed by atoms with Gasteiger partial charge in [0.25, 0.3) is 11.8 Å². The number of hydrogen-bond acceptors (Lipinski definition) is 10. The molecular formula is C21H21N8O5S2+. The first-order chi connectivity index (χ1) is 17.4. The van der Waals surface area contributed by atoms with Crippen molar-refractivity contribution in [2.45, 2.75) is 24.9 Å². The van der Waals surface area contributed by atoms with Gasteiger partial charge in [0.15, 0.2) is 17.0 Å². The molecule has 0 saturated carbocycles. The average Bonchev–Trinajstić information content (AvgIpc) is 3.48. The summed E-state index contributed by atoms with van der Waals surface area (Å²) in [6.45, 7) is 2.22. The van der Waals surface area contributed by atoms with E-state index < -0.39 is 29.2 Å². The van der Waals surface area contributed by atoms with Crippen molar-refractivity contribution in [1.29, 1.82) is 0 Å². The fraction of sp³-hybridized carbons (Fsp3) is 0.286. The number of β-lactam (4-membered cyclic amide) rings is 1. The Labute approximate surface area is 212 Å². The molecule has 15 heteroatoms. The molecule has 2 atom stereocenters. The summed E-state index contributed by atoms with van der Waals surface area (Å²) in [5.41, 5.74) is 7.09. The van der Waals surface area contributed by atoms with Gasteiger partial charge in [0.2, 0.25) is 0 Å². The zero-order valence-corrected chi connectivity index (χ0v) is 20.5. The number of rotatable bonds is 8. The van der Waals surface area contributed by atoms with Gasteiger partial charge in [-0.3, -0.25) is 14.5 Å². The van der Waals surface area contributed by atoms with Gasteiger partial charge in [0.05, 0.1) is 6.20 Å². The third kappa shape index (κ3) is 4.15. The molecule has 1 fully saturated rings. The van der Waals surface area contributed by atoms with Crippen LogP contribution in [0, 0.1) is 0 Å². The number of anilines is 1. The second-order valence-electron chi connectivity index (χ2n) is 7.80. The van der Waals surface area contributed by atoms with Crippen LogP contribution in [0.4, 0.5) is 5.13 Å². The number of carboxylic acid groups (broad SMARTS) is 1. The quantitative estimate of drug-likeness (QED) is 0.155. The first kappa shape index (κ1) is 23.7. The summed E-state index contributed by atoms with van der Waals surface area (Å²) < 4.78 is 3.54. The van der Waals surface area contributed by atoms with Crippen molar-refractivity contribution in [1.82, 2.24) is 24.8 Å². The lowest BCUT2D eigenvalue weighted by Crippen LogP contribution is -2.71. The predicted molar refractivity (Wildman–Crippen MR) is 130 cm³/mol. The topological polar surface area (TPSA) is 168 Å². The van der Waals surface area contributed by atoms with Crippen molar-refractivity contribution < 1.29 is 28.9 Å². The number of oxime groups is 1. The van der Waals surface area contributed by atoms with E-state index in [-0.39, 0.29) is 35.4 Å². The molecule has 3 aromatic rings. The number of aliphatic carboxylic acids is 1. The highest BCUT2D eigenvalue weighted by molar-refractivity contribution is 8.00. The van der Waals surface area contributed by atoms with Crippen molar-refractivity contribution in [3.05, 3.63) is 53.1 Å². The number of aromatic nitrogens is 4. The number of hydrogen-bond donors (Lipinski definition) is 3. The maximum Gasteiger partial charge on any atom is 0.352 e. The molecule has 2 aliphatic rings. The molecule has 4 N–H and O–H groups in total. The van der Waals surface area contributed by atoms with Crippen molar-refractivity contribution in [2.24, 2.45) is 5.16 Å². The summed E-state index contributed by atoms with van der Waals surface area (Å²) in [6, 6.07) is 2.73. The third-order valence-corrected chi connectivity index (χ3v) is 7.61. The van der Waals surface area contributed by atoms with Gasteiger partial charge >= 0.3 is 11.6 Å². The molecule has 186 valence electrons. The van der Waals surface area contributed by atoms with Crippen LogP contribution in [0.25, 0.3) is 5.65 Å². The molecule has 5 rings (SSSR count). The van der Waals surface area contributed by atoms with Crippen LogP contribution in [0.5, 0.6) is 0 Å². The second kappa shape index (κ2) is 9.58. The number of thiazole rings is 1. The zero-order chi connectivity index (χ0) is 25.4. The highest BCUT2D eigenvalue weighted by atomic mass is 32.2. The maximum absolute atomic E-state index is 13.1. The van der Waals surface area contributed by atoms with Gasteiger partial charge in [-0.25, -0.2) is 14.3 Å². The van der Waals surface area contributed by atoms with Crippen LogP contribution in [-0.4, -0.2) is 71.9 Å². The number of thioether (sulfide) groups is 1. The van der Waals surface area contributed by atoms with Crippen LogP contribution in [0.2, 0.25) is 0 Å². The summed E-state index contributed by atoms with van der Waals surface area (Å²) in [4.78, 5) is 48.6. The van der Waals surface area contributed by atoms with E-state index in [0.29, 0.717) is 11.3 Å². The molecule has 0 radical (unpaired) electrons. The van der Waals surface area contributed by atoms with Crippen LogP contribution >= 0.6 is 23.1 Å². The number of imidazole rings is 1. The molecule has 1 saturated heterocycles. The van der Waals surface area contributed by atoms with Crippen LogP contribution in [-0.2, 0) is 25.8 Å². The number of fused-ring (bicyclic) bond motifs is 2. The monoisotopic (exact) mass is 529 g/mol. The molecule has 0 aromatic carbocycles. The Kier molecular flexibility index (Phi) is 6.32. The molecule has 0 bridgehead atoms. The Morgan fingerprint density at radius 1 is 1.44 bits per heavy atom. The van der Waals surface area contributed by atoms with Crippen LogP contribution in [0.1, 0.15) is 12.6 Å². The Balaban J connectivity index is 1.37. The van der Waals surface area contributed by atoms with Gasteiger partial charge in [-0.05, 0) is 13.0 Å². The summed E-state index contributed by atoms with van der Waals surface area (Å²) in [5, 5.41) is 21.9. The zero-order valence-electron chi connectivity index (χ0n) is 18.9. The van der Waals surface area contributed by atoms with E-state index in [1.807, 2.05) is 10.6 Å². The van der Waals surface area contributed by atoms with Gasteiger partial charge in [-0.2, -0.15) is 0 Å². The first-order valence-corrected chi connectivity index (χ1v) is 12.8. The molecular weight excluding hydrogens is 508 g/mol. The minimum atomic E-state index is -1.20. The van der Waals surface area contributed by atoms with Crippen molar-refractivity contribution in [3.63, 3.8) is 0 Å². The standard InChI is InChI=1S/C21H20N8O5S2/c1-2-34-26-14(12-10-36-21(22)24-12)17(30)25-15-18(31)29-16(20(32)33)11(9-35-19(15)29)8-27-6-7-28-13(27)4-3-5-23-28/h3-7,10,15,19H,2,8-9H2,1H3,(H3-,22,24,25,30,32,33)/p+1/b26-14+/t15-,19-/m1/s1. The van der Waals surface area contributed by atoms with E-state index in [1.165, 1.54) is 16.7 Å². The highest BCUT2D eigenvalue weighted by Gasteiger charge is 2.54. The Morgan fingerprint density at radius 3 is 3.00 bits per heavy atom. The summed E-state index contributed by atoms with van der Waals surface area (Å²) >= 11 is 2.52. The number of nitrogens with zero attached hydrogens (tertiary/aromatic N) is 6. The number of carboxylic acids is 1. The lowest BCUT2D eigenvalue weighted by Gasteiger charge is -2.49. The van der Waals surface area contributed by atoms with E-state index in [4.69, 9.17) is 10.6 Å². The van der Waals surface area contributed by atoms with Gasteiger partial charge < -0.3 is 21.0 Å². The van der Waals surface area contributed by atoms with Crippen molar-refractivity contribution >= 4 is 57.4 Å². The molecule has 2 amide bonds. The molecule has 36 heavy (non-hydrogen) atoms. The number of nitrogens with two attached hydrogens (primary N) is 1. The largest absolute Gasteiger partial charge is 0.477 e. The van der Waals surface area contributed by atoms with Crippen LogP contribution in [0.15, 0.2) is 52.5 Å². The third-order valence-electron chi connectivity index (χ3n) is 5.60. The first-order valence-electron chi connectivity index (χ1n) is 10.8. The van der Waals surface area contributed by atoms with E-state index in [1.54, 1.807) is 41.5 Å². The van der Waals surface area contributed by atoms with Gasteiger partial charge in [-0.15, -0.1) is 27.6 Å². The number of carbonyl (C=O) groups is 3. The molecule has 2 aliphatic heterocycles. The molecule has 3 aromatic heterocycles. The predicted octanol–water partition coefficient (Wildman–Crippen LogP) is -0.160. The van der Waals surface area contributed by atoms with Gasteiger partial charge in [0, 0.05) is 22.8 Å². The Morgan fingerprint density at radius 2 is 2.28 bits per heavy atom. The summed E-state index contributed by atoms with van der Waals surface area (Å²) in [6.07, 6.45) is 5.23. The Hall–Kier alpha value is -3.98. The molecule has 0 aliphatic carbocycles. The molecule has 13 nitrogen and oxygen atoms in total. The lowest BCUT2D eigenvalue weighted by molar-refractivity contribution is -0.662. The van der Waals surface area contributed by atoms with E-state index in [0.717, 1.165) is 17.0 Å². The molecule has 0 unspecified atom stereocenters. The van der Waals surface area contributed by atoms with Crippen LogP contribution < -0.4 is 15.6 Å². The maximum atomic E-state index is 13.1. The highest BCUT2D eigenvalue weighted by Crippen LogP contribution is 2.40.